The molecule has 31 heavy (non-hydrogen) atoms. The number of benzene rings is 3. The first kappa shape index (κ1) is 20.2. The first-order valence-corrected chi connectivity index (χ1v) is 9.70. The maximum absolute atomic E-state index is 13.4. The molecule has 0 fully saturated rings. The van der Waals surface area contributed by atoms with Crippen LogP contribution < -0.4 is 15.0 Å². The van der Waals surface area contributed by atoms with Gasteiger partial charge in [-0.25, -0.2) is 4.90 Å². The summed E-state index contributed by atoms with van der Waals surface area (Å²) in [4.78, 5) is 27.9. The van der Waals surface area contributed by atoms with Crippen LogP contribution in [0, 0.1) is 11.3 Å². The molecule has 0 atom stereocenters. The van der Waals surface area contributed by atoms with Gasteiger partial charge in [-0.3, -0.25) is 9.59 Å². The average molecular weight is 430 g/mol. The number of halogens is 1. The van der Waals surface area contributed by atoms with E-state index in [9.17, 15) is 9.59 Å². The third-order valence-electron chi connectivity index (χ3n) is 4.84. The summed E-state index contributed by atoms with van der Waals surface area (Å²) < 4.78 is 5.37. The van der Waals surface area contributed by atoms with Crippen LogP contribution in [0.15, 0.2) is 78.5 Å². The molecule has 0 unspecified atom stereocenters. The summed E-state index contributed by atoms with van der Waals surface area (Å²) >= 11 is 6.01. The van der Waals surface area contributed by atoms with Gasteiger partial charge >= 0.3 is 0 Å². The predicted molar refractivity (Wildman–Crippen MR) is 119 cm³/mol. The van der Waals surface area contributed by atoms with E-state index >= 15 is 0 Å². The summed E-state index contributed by atoms with van der Waals surface area (Å²) in [5.74, 6) is -0.456. The minimum absolute atomic E-state index is 0.126. The molecule has 3 aromatic rings. The van der Waals surface area contributed by atoms with Crippen LogP contribution in [-0.4, -0.2) is 18.9 Å². The third kappa shape index (κ3) is 3.75. The monoisotopic (exact) mass is 429 g/mol. The normalized spacial score (nSPS) is 13.4. The summed E-state index contributed by atoms with van der Waals surface area (Å²) in [5, 5.41) is 12.6. The number of imide groups is 1. The zero-order chi connectivity index (χ0) is 22.0. The van der Waals surface area contributed by atoms with Crippen LogP contribution >= 0.6 is 11.6 Å². The fourth-order valence-corrected chi connectivity index (χ4v) is 3.46. The number of nitrogens with zero attached hydrogens (tertiary/aromatic N) is 2. The van der Waals surface area contributed by atoms with Crippen molar-refractivity contribution < 1.29 is 14.3 Å². The number of para-hydroxylation sites is 2. The molecule has 152 valence electrons. The fourth-order valence-electron chi connectivity index (χ4n) is 3.33. The molecule has 0 aromatic heterocycles. The number of amides is 2. The number of hydrogen-bond donors (Lipinski definition) is 1. The number of anilines is 2. The molecule has 0 saturated heterocycles. The lowest BCUT2D eigenvalue weighted by atomic mass is 10.0. The number of methoxy groups -OCH3 is 1. The molecular formula is C24H16ClN3O3. The number of carbonyl (C=O) groups excluding carboxylic acids is 2. The Labute approximate surface area is 183 Å². The molecule has 0 aliphatic carbocycles. The van der Waals surface area contributed by atoms with Crippen molar-refractivity contribution in [3.05, 3.63) is 94.6 Å². The number of ether oxygens (including phenoxy) is 1. The van der Waals surface area contributed by atoms with Gasteiger partial charge in [0.05, 0.1) is 35.7 Å². The molecule has 1 N–H and O–H groups in total. The highest BCUT2D eigenvalue weighted by atomic mass is 35.5. The summed E-state index contributed by atoms with van der Waals surface area (Å²) in [7, 11) is 1.53. The molecule has 2 amide bonds. The fraction of sp³-hybridized carbons (Fsp3) is 0.0417. The smallest absolute Gasteiger partial charge is 0.282 e. The topological polar surface area (TPSA) is 82.4 Å². The van der Waals surface area contributed by atoms with Crippen LogP contribution in [0.5, 0.6) is 5.75 Å². The van der Waals surface area contributed by atoms with Crippen molar-refractivity contribution in [3.63, 3.8) is 0 Å². The van der Waals surface area contributed by atoms with Gasteiger partial charge in [-0.1, -0.05) is 35.9 Å². The van der Waals surface area contributed by atoms with E-state index in [1.165, 1.54) is 7.11 Å². The molecule has 0 spiro atoms. The molecule has 1 aliphatic heterocycles. The first-order chi connectivity index (χ1) is 15.0. The van der Waals surface area contributed by atoms with Gasteiger partial charge in [-0.2, -0.15) is 5.26 Å². The Kier molecular flexibility index (Phi) is 5.44. The highest BCUT2D eigenvalue weighted by Gasteiger charge is 2.40. The van der Waals surface area contributed by atoms with E-state index in [2.05, 4.69) is 5.32 Å². The van der Waals surface area contributed by atoms with Gasteiger partial charge in [-0.05, 0) is 54.1 Å². The summed E-state index contributed by atoms with van der Waals surface area (Å²) in [6.07, 6.45) is 0. The van der Waals surface area contributed by atoms with Crippen molar-refractivity contribution in [1.29, 1.82) is 5.26 Å². The van der Waals surface area contributed by atoms with Gasteiger partial charge in [0.25, 0.3) is 11.8 Å². The van der Waals surface area contributed by atoms with Crippen LogP contribution in [0.1, 0.15) is 11.1 Å². The molecule has 6 nitrogen and oxygen atoms in total. The van der Waals surface area contributed by atoms with Crippen LogP contribution in [0.2, 0.25) is 5.02 Å². The molecule has 1 heterocycles. The molecular weight excluding hydrogens is 414 g/mol. The zero-order valence-electron chi connectivity index (χ0n) is 16.4. The number of rotatable bonds is 5. The number of nitrogens with one attached hydrogen (secondary N) is 1. The quantitative estimate of drug-likeness (QED) is 0.598. The van der Waals surface area contributed by atoms with E-state index < -0.39 is 11.8 Å². The molecule has 0 saturated carbocycles. The standard InChI is InChI=1S/C24H16ClN3O3/c1-31-20-5-3-2-4-19(20)27-22-21(16-8-10-17(25)11-9-16)23(29)28(24(22)30)18-12-6-15(14-26)7-13-18/h2-13,27H,1H3. The Morgan fingerprint density at radius 3 is 2.26 bits per heavy atom. The molecule has 0 bridgehead atoms. The first-order valence-electron chi connectivity index (χ1n) is 9.32. The van der Waals surface area contributed by atoms with Crippen LogP contribution in [0.4, 0.5) is 11.4 Å². The second-order valence-electron chi connectivity index (χ2n) is 6.69. The third-order valence-corrected chi connectivity index (χ3v) is 5.09. The number of carbonyl (C=O) groups is 2. The van der Waals surface area contributed by atoms with Crippen molar-refractivity contribution in [3.8, 4) is 11.8 Å². The molecule has 3 aromatic carbocycles. The minimum atomic E-state index is -0.509. The maximum Gasteiger partial charge on any atom is 0.282 e. The van der Waals surface area contributed by atoms with E-state index in [4.69, 9.17) is 21.6 Å². The van der Waals surface area contributed by atoms with Gasteiger partial charge < -0.3 is 10.1 Å². The Hall–Kier alpha value is -4.08. The Morgan fingerprint density at radius 2 is 1.61 bits per heavy atom. The lowest BCUT2D eigenvalue weighted by Crippen LogP contribution is -2.32. The van der Waals surface area contributed by atoms with E-state index in [0.717, 1.165) is 4.90 Å². The van der Waals surface area contributed by atoms with Gasteiger partial charge in [0.15, 0.2) is 0 Å². The van der Waals surface area contributed by atoms with Gasteiger partial charge in [0.2, 0.25) is 0 Å². The molecule has 0 radical (unpaired) electrons. The lowest BCUT2D eigenvalue weighted by Gasteiger charge is -2.16. The van der Waals surface area contributed by atoms with E-state index in [0.29, 0.717) is 33.3 Å². The Balaban J connectivity index is 1.82. The van der Waals surface area contributed by atoms with Gasteiger partial charge in [0.1, 0.15) is 11.4 Å². The predicted octanol–water partition coefficient (Wildman–Crippen LogP) is 4.62. The number of nitriles is 1. The molecule has 1 aliphatic rings. The largest absolute Gasteiger partial charge is 0.495 e. The van der Waals surface area contributed by atoms with Crippen molar-refractivity contribution in [2.24, 2.45) is 0 Å². The van der Waals surface area contributed by atoms with Gasteiger partial charge in [0, 0.05) is 5.02 Å². The molecule has 7 heteroatoms. The highest BCUT2D eigenvalue weighted by molar-refractivity contribution is 6.46. The van der Waals surface area contributed by atoms with Crippen LogP contribution in [0.25, 0.3) is 5.57 Å². The number of hydrogen-bond acceptors (Lipinski definition) is 5. The van der Waals surface area contributed by atoms with Crippen molar-refractivity contribution in [2.45, 2.75) is 0 Å². The Bertz CT molecular complexity index is 1240. The van der Waals surface area contributed by atoms with E-state index in [1.807, 2.05) is 12.1 Å². The van der Waals surface area contributed by atoms with Crippen molar-refractivity contribution in [2.75, 3.05) is 17.3 Å². The van der Waals surface area contributed by atoms with Gasteiger partial charge in [-0.15, -0.1) is 0 Å². The van der Waals surface area contributed by atoms with Crippen molar-refractivity contribution >= 4 is 40.4 Å². The van der Waals surface area contributed by atoms with Crippen LogP contribution in [-0.2, 0) is 9.59 Å². The SMILES string of the molecule is COc1ccccc1NC1=C(c2ccc(Cl)cc2)C(=O)N(c2ccc(C#N)cc2)C1=O. The molecule has 4 rings (SSSR count). The minimum Gasteiger partial charge on any atom is -0.495 e. The summed E-state index contributed by atoms with van der Waals surface area (Å²) in [5.41, 5.74) is 2.25. The maximum atomic E-state index is 13.4. The van der Waals surface area contributed by atoms with Crippen LogP contribution in [0.3, 0.4) is 0 Å². The second kappa shape index (κ2) is 8.34. The Morgan fingerprint density at radius 1 is 0.935 bits per heavy atom. The van der Waals surface area contributed by atoms with E-state index in [1.54, 1.807) is 66.7 Å². The average Bonchev–Trinajstić information content (AvgIpc) is 3.04. The summed E-state index contributed by atoms with van der Waals surface area (Å²) in [6.45, 7) is 0. The zero-order valence-corrected chi connectivity index (χ0v) is 17.2. The summed E-state index contributed by atoms with van der Waals surface area (Å²) in [6, 6.07) is 22.1. The van der Waals surface area contributed by atoms with E-state index in [-0.39, 0.29) is 11.3 Å². The highest BCUT2D eigenvalue weighted by Crippen LogP contribution is 2.35. The lowest BCUT2D eigenvalue weighted by molar-refractivity contribution is -0.120. The van der Waals surface area contributed by atoms with Crippen molar-refractivity contribution in [1.82, 2.24) is 0 Å². The second-order valence-corrected chi connectivity index (χ2v) is 7.12.